The van der Waals surface area contributed by atoms with Crippen LogP contribution in [0, 0.1) is 5.92 Å². The SMILES string of the molecule is CCOC(=O)C(C[NH2+]C)C(=O)C1=CC(C)(C)c2ccccc21. The summed E-state index contributed by atoms with van der Waals surface area (Å²) in [5.41, 5.74) is 2.50. The summed E-state index contributed by atoms with van der Waals surface area (Å²) in [5.74, 6) is -1.33. The van der Waals surface area contributed by atoms with Crippen LogP contribution in [0.1, 0.15) is 31.9 Å². The van der Waals surface area contributed by atoms with Gasteiger partial charge in [0, 0.05) is 11.0 Å². The number of carbonyl (C=O) groups is 2. The van der Waals surface area contributed by atoms with Gasteiger partial charge in [0.2, 0.25) is 0 Å². The standard InChI is InChI=1S/C18H23NO3/c1-5-22-17(21)14(11-19-4)16(20)13-10-18(2,3)15-9-7-6-8-12(13)15/h6-10,14,19H,5,11H2,1-4H3/p+1. The number of ketones is 1. The lowest BCUT2D eigenvalue weighted by Crippen LogP contribution is -2.82. The molecule has 2 rings (SSSR count). The van der Waals surface area contributed by atoms with E-state index in [0.29, 0.717) is 12.1 Å². The van der Waals surface area contributed by atoms with Crippen molar-refractivity contribution >= 4 is 17.3 Å². The Morgan fingerprint density at radius 3 is 2.59 bits per heavy atom. The van der Waals surface area contributed by atoms with E-state index in [-0.39, 0.29) is 17.8 Å². The Hall–Kier alpha value is -1.94. The first-order valence-corrected chi connectivity index (χ1v) is 7.73. The first-order chi connectivity index (χ1) is 10.4. The molecule has 2 N–H and O–H groups in total. The highest BCUT2D eigenvalue weighted by Crippen LogP contribution is 2.41. The fourth-order valence-corrected chi connectivity index (χ4v) is 2.98. The van der Waals surface area contributed by atoms with Gasteiger partial charge < -0.3 is 10.1 Å². The zero-order valence-corrected chi connectivity index (χ0v) is 13.7. The summed E-state index contributed by atoms with van der Waals surface area (Å²) < 4.78 is 5.07. The normalized spacial score (nSPS) is 16.6. The maximum atomic E-state index is 12.9. The van der Waals surface area contributed by atoms with Crippen LogP contribution >= 0.6 is 0 Å². The Morgan fingerprint density at radius 2 is 1.95 bits per heavy atom. The number of allylic oxidation sites excluding steroid dienone is 2. The molecule has 1 aromatic rings. The van der Waals surface area contributed by atoms with E-state index in [9.17, 15) is 9.59 Å². The van der Waals surface area contributed by atoms with Crippen molar-refractivity contribution in [3.05, 3.63) is 41.5 Å². The summed E-state index contributed by atoms with van der Waals surface area (Å²) in [4.78, 5) is 25.0. The minimum Gasteiger partial charge on any atom is -0.465 e. The summed E-state index contributed by atoms with van der Waals surface area (Å²) in [6.07, 6.45) is 1.97. The fourth-order valence-electron chi connectivity index (χ4n) is 2.98. The van der Waals surface area contributed by atoms with Crippen LogP contribution in [0.25, 0.3) is 5.57 Å². The van der Waals surface area contributed by atoms with Gasteiger partial charge in [-0.1, -0.05) is 44.2 Å². The van der Waals surface area contributed by atoms with E-state index in [1.165, 1.54) is 0 Å². The quantitative estimate of drug-likeness (QED) is 0.636. The first kappa shape index (κ1) is 16.4. The van der Waals surface area contributed by atoms with E-state index >= 15 is 0 Å². The second kappa shape index (κ2) is 6.44. The number of quaternary nitrogens is 1. The van der Waals surface area contributed by atoms with Gasteiger partial charge in [0.1, 0.15) is 0 Å². The Kier molecular flexibility index (Phi) is 4.81. The van der Waals surface area contributed by atoms with E-state index in [4.69, 9.17) is 4.74 Å². The number of nitrogens with two attached hydrogens (primary N) is 1. The molecule has 1 atom stereocenters. The molecule has 22 heavy (non-hydrogen) atoms. The number of Topliss-reactive ketones (excluding diaryl/α,β-unsaturated/α-hetero) is 1. The zero-order chi connectivity index (χ0) is 16.3. The van der Waals surface area contributed by atoms with Crippen molar-refractivity contribution in [3.63, 3.8) is 0 Å². The van der Waals surface area contributed by atoms with Crippen molar-refractivity contribution in [2.24, 2.45) is 5.92 Å². The third-order valence-electron chi connectivity index (χ3n) is 4.04. The van der Waals surface area contributed by atoms with Crippen molar-refractivity contribution in [3.8, 4) is 0 Å². The molecule has 1 aromatic carbocycles. The number of fused-ring (bicyclic) bond motifs is 1. The Morgan fingerprint density at radius 1 is 1.27 bits per heavy atom. The molecule has 0 aromatic heterocycles. The average molecular weight is 302 g/mol. The summed E-state index contributed by atoms with van der Waals surface area (Å²) in [7, 11) is 1.85. The number of ether oxygens (including phenoxy) is 1. The van der Waals surface area contributed by atoms with Crippen LogP contribution in [0.3, 0.4) is 0 Å². The van der Waals surface area contributed by atoms with Crippen LogP contribution in [-0.2, 0) is 19.7 Å². The van der Waals surface area contributed by atoms with Crippen molar-refractivity contribution in [1.82, 2.24) is 0 Å². The molecule has 0 heterocycles. The molecule has 1 aliphatic carbocycles. The van der Waals surface area contributed by atoms with Gasteiger partial charge in [-0.15, -0.1) is 0 Å². The number of benzene rings is 1. The summed E-state index contributed by atoms with van der Waals surface area (Å²) in [6.45, 7) is 6.60. The number of hydrogen-bond donors (Lipinski definition) is 1. The first-order valence-electron chi connectivity index (χ1n) is 7.73. The van der Waals surface area contributed by atoms with Gasteiger partial charge in [-0.05, 0) is 18.1 Å². The van der Waals surface area contributed by atoms with Gasteiger partial charge in [0.05, 0.1) is 20.2 Å². The lowest BCUT2D eigenvalue weighted by molar-refractivity contribution is -0.629. The number of hydrogen-bond acceptors (Lipinski definition) is 3. The highest BCUT2D eigenvalue weighted by molar-refractivity contribution is 6.28. The minimum atomic E-state index is -0.752. The van der Waals surface area contributed by atoms with Crippen LogP contribution < -0.4 is 5.32 Å². The molecule has 118 valence electrons. The molecule has 1 unspecified atom stereocenters. The summed E-state index contributed by atoms with van der Waals surface area (Å²) in [5, 5.41) is 1.84. The summed E-state index contributed by atoms with van der Waals surface area (Å²) in [6, 6.07) is 7.89. The molecule has 1 aliphatic rings. The largest absolute Gasteiger partial charge is 0.465 e. The molecule has 0 bridgehead atoms. The molecule has 0 aliphatic heterocycles. The van der Waals surface area contributed by atoms with E-state index < -0.39 is 11.9 Å². The van der Waals surface area contributed by atoms with E-state index in [2.05, 4.69) is 13.8 Å². The second-order valence-electron chi connectivity index (χ2n) is 6.14. The van der Waals surface area contributed by atoms with Gasteiger partial charge in [0.15, 0.2) is 11.7 Å². The Labute approximate surface area is 131 Å². The van der Waals surface area contributed by atoms with Crippen molar-refractivity contribution in [1.29, 1.82) is 0 Å². The maximum absolute atomic E-state index is 12.9. The van der Waals surface area contributed by atoms with Crippen molar-refractivity contribution in [2.75, 3.05) is 20.2 Å². The van der Waals surface area contributed by atoms with Crippen LogP contribution in [0.5, 0.6) is 0 Å². The van der Waals surface area contributed by atoms with E-state index in [1.807, 2.05) is 42.7 Å². The zero-order valence-electron chi connectivity index (χ0n) is 13.7. The molecule has 0 saturated carbocycles. The van der Waals surface area contributed by atoms with Crippen LogP contribution in [0.4, 0.5) is 0 Å². The molecule has 0 amide bonds. The maximum Gasteiger partial charge on any atom is 0.322 e. The van der Waals surface area contributed by atoms with Crippen molar-refractivity contribution < 1.29 is 19.6 Å². The minimum absolute atomic E-state index is 0.144. The number of rotatable bonds is 6. The topological polar surface area (TPSA) is 60.0 Å². The predicted molar refractivity (Wildman–Crippen MR) is 85.3 cm³/mol. The number of esters is 1. The lowest BCUT2D eigenvalue weighted by Gasteiger charge is -2.16. The van der Waals surface area contributed by atoms with Gasteiger partial charge >= 0.3 is 5.97 Å². The van der Waals surface area contributed by atoms with Crippen molar-refractivity contribution in [2.45, 2.75) is 26.2 Å². The van der Waals surface area contributed by atoms with E-state index in [0.717, 1.165) is 11.1 Å². The molecule has 4 heteroatoms. The third-order valence-corrected chi connectivity index (χ3v) is 4.04. The predicted octanol–water partition coefficient (Wildman–Crippen LogP) is 1.30. The Balaban J connectivity index is 2.38. The van der Waals surface area contributed by atoms with Crippen LogP contribution in [0.2, 0.25) is 0 Å². The molecule has 0 spiro atoms. The molecule has 0 fully saturated rings. The Bertz CT molecular complexity index is 617. The van der Waals surface area contributed by atoms with Gasteiger partial charge in [-0.25, -0.2) is 0 Å². The summed E-state index contributed by atoms with van der Waals surface area (Å²) >= 11 is 0. The van der Waals surface area contributed by atoms with Gasteiger partial charge in [0.25, 0.3) is 0 Å². The molecular weight excluding hydrogens is 278 g/mol. The molecule has 0 radical (unpaired) electrons. The van der Waals surface area contributed by atoms with Gasteiger partial charge in [-0.2, -0.15) is 0 Å². The smallest absolute Gasteiger partial charge is 0.322 e. The highest BCUT2D eigenvalue weighted by atomic mass is 16.5. The average Bonchev–Trinajstić information content (AvgIpc) is 2.77. The van der Waals surface area contributed by atoms with Crippen LogP contribution in [0.15, 0.2) is 30.3 Å². The number of carbonyl (C=O) groups excluding carboxylic acids is 2. The van der Waals surface area contributed by atoms with Crippen LogP contribution in [-0.4, -0.2) is 32.0 Å². The monoisotopic (exact) mass is 302 g/mol. The second-order valence-corrected chi connectivity index (χ2v) is 6.14. The lowest BCUT2D eigenvalue weighted by atomic mass is 9.87. The van der Waals surface area contributed by atoms with Gasteiger partial charge in [-0.3, -0.25) is 9.59 Å². The molecular formula is C18H24NO3+. The highest BCUT2D eigenvalue weighted by Gasteiger charge is 2.38. The third kappa shape index (κ3) is 2.97. The molecule has 0 saturated heterocycles. The fraction of sp³-hybridized carbons (Fsp3) is 0.444. The van der Waals surface area contributed by atoms with E-state index in [1.54, 1.807) is 6.92 Å². The molecule has 4 nitrogen and oxygen atoms in total.